The zero-order valence-electron chi connectivity index (χ0n) is 9.36. The number of ketones is 2. The van der Waals surface area contributed by atoms with E-state index in [1.807, 2.05) is 0 Å². The predicted octanol–water partition coefficient (Wildman–Crippen LogP) is -0.223. The average molecular weight is 238 g/mol. The second-order valence-electron chi connectivity index (χ2n) is 2.96. The Hall–Kier alpha value is -1.70. The van der Waals surface area contributed by atoms with Crippen molar-refractivity contribution in [2.24, 2.45) is 0 Å². The summed E-state index contributed by atoms with van der Waals surface area (Å²) in [4.78, 5) is 29.9. The van der Waals surface area contributed by atoms with Gasteiger partial charge in [-0.15, -0.1) is 9.78 Å². The Morgan fingerprint density at radius 1 is 1.00 bits per heavy atom. The summed E-state index contributed by atoms with van der Waals surface area (Å²) < 4.78 is 9.91. The molecule has 6 nitrogen and oxygen atoms in total. The molecule has 1 saturated heterocycles. The minimum Gasteiger partial charge on any atom is -0.286 e. The van der Waals surface area contributed by atoms with Crippen molar-refractivity contribution in [2.75, 3.05) is 13.2 Å². The van der Waals surface area contributed by atoms with Gasteiger partial charge >= 0.3 is 6.16 Å². The molecular weight excluding hydrogens is 228 g/mol. The zero-order chi connectivity index (χ0) is 12.7. The summed E-state index contributed by atoms with van der Waals surface area (Å²) in [5, 5.41) is 0. The Balaban J connectivity index is 2.25. The lowest BCUT2D eigenvalue weighted by atomic mass is 10.4. The number of hydrogen-bond donors (Lipinski definition) is 0. The van der Waals surface area contributed by atoms with E-state index in [1.54, 1.807) is 0 Å². The van der Waals surface area contributed by atoms with E-state index in [1.165, 1.54) is 13.8 Å². The number of Topliss-reactive ketones (excluding diaryl/α,β-unsaturated/α-hetero) is 2. The van der Waals surface area contributed by atoms with Crippen LogP contribution in [0.25, 0.3) is 0 Å². The maximum atomic E-state index is 10.5. The van der Waals surface area contributed by atoms with Crippen LogP contribution in [-0.4, -0.2) is 30.9 Å². The lowest BCUT2D eigenvalue weighted by Crippen LogP contribution is -2.20. The molecular formula is C11H10O6. The monoisotopic (exact) mass is 238 g/mol. The van der Waals surface area contributed by atoms with Gasteiger partial charge in [-0.25, -0.2) is 0 Å². The van der Waals surface area contributed by atoms with E-state index in [9.17, 15) is 9.59 Å². The molecule has 1 aliphatic rings. The van der Waals surface area contributed by atoms with Gasteiger partial charge in [-0.2, -0.15) is 0 Å². The van der Waals surface area contributed by atoms with Gasteiger partial charge in [-0.05, 0) is 11.8 Å². The molecule has 0 aromatic rings. The molecule has 0 aromatic heterocycles. The van der Waals surface area contributed by atoms with Gasteiger partial charge in [-0.1, -0.05) is 11.8 Å². The van der Waals surface area contributed by atoms with Crippen molar-refractivity contribution in [1.82, 2.24) is 0 Å². The molecule has 0 amide bonds. The quantitative estimate of drug-likeness (QED) is 0.221. The molecule has 17 heavy (non-hydrogen) atoms. The molecule has 90 valence electrons. The summed E-state index contributed by atoms with van der Waals surface area (Å²) in [5.74, 6) is 8.89. The lowest BCUT2D eigenvalue weighted by molar-refractivity contribution is -0.231. The first-order chi connectivity index (χ1) is 8.04. The molecule has 0 aliphatic carbocycles. The summed E-state index contributed by atoms with van der Waals surface area (Å²) in [6.45, 7) is 2.50. The third-order valence-electron chi connectivity index (χ3n) is 1.39. The van der Waals surface area contributed by atoms with Gasteiger partial charge in [0.25, 0.3) is 0 Å². The van der Waals surface area contributed by atoms with E-state index < -0.39 is 6.16 Å². The summed E-state index contributed by atoms with van der Waals surface area (Å²) in [6.07, 6.45) is -1.60. The van der Waals surface area contributed by atoms with Gasteiger partial charge < -0.3 is 0 Å². The van der Waals surface area contributed by atoms with Crippen LogP contribution in [0.4, 0.5) is 0 Å². The first-order valence-electron chi connectivity index (χ1n) is 4.68. The number of rotatable bonds is 4. The van der Waals surface area contributed by atoms with Crippen molar-refractivity contribution < 1.29 is 28.8 Å². The first-order valence-corrected chi connectivity index (χ1v) is 4.68. The highest BCUT2D eigenvalue weighted by Gasteiger charge is 2.53. The normalized spacial score (nSPS) is 14.9. The largest absolute Gasteiger partial charge is 0.468 e. The molecule has 0 saturated carbocycles. The van der Waals surface area contributed by atoms with Crippen LogP contribution >= 0.6 is 0 Å². The van der Waals surface area contributed by atoms with Gasteiger partial charge in [0.15, 0.2) is 0 Å². The first kappa shape index (κ1) is 13.4. The molecule has 0 unspecified atom stereocenters. The number of carbonyl (C=O) groups is 2. The molecule has 0 spiro atoms. The fraction of sp³-hybridized carbons (Fsp3) is 0.455. The minimum absolute atomic E-state index is 0.0836. The number of hydrogen-bond acceptors (Lipinski definition) is 6. The predicted molar refractivity (Wildman–Crippen MR) is 53.7 cm³/mol. The minimum atomic E-state index is -1.60. The molecule has 0 radical (unpaired) electrons. The topological polar surface area (TPSA) is 77.7 Å². The molecule has 1 aliphatic heterocycles. The lowest BCUT2D eigenvalue weighted by Gasteiger charge is -2.03. The van der Waals surface area contributed by atoms with Crippen LogP contribution in [0.1, 0.15) is 13.8 Å². The van der Waals surface area contributed by atoms with E-state index >= 15 is 0 Å². The van der Waals surface area contributed by atoms with Gasteiger partial charge in [-0.3, -0.25) is 19.1 Å². The average Bonchev–Trinajstić information content (AvgIpc) is 3.00. The number of carbonyl (C=O) groups excluding carboxylic acids is 2. The van der Waals surface area contributed by atoms with E-state index in [4.69, 9.17) is 9.47 Å². The van der Waals surface area contributed by atoms with Crippen molar-refractivity contribution in [1.29, 1.82) is 0 Å². The van der Waals surface area contributed by atoms with E-state index in [0.29, 0.717) is 0 Å². The van der Waals surface area contributed by atoms with Crippen LogP contribution in [0.2, 0.25) is 0 Å². The van der Waals surface area contributed by atoms with Crippen LogP contribution in [0.3, 0.4) is 0 Å². The van der Waals surface area contributed by atoms with Gasteiger partial charge in [0.1, 0.15) is 13.2 Å². The maximum absolute atomic E-state index is 10.5. The zero-order valence-corrected chi connectivity index (χ0v) is 9.36. The van der Waals surface area contributed by atoms with Gasteiger partial charge in [0.05, 0.1) is 0 Å². The summed E-state index contributed by atoms with van der Waals surface area (Å²) >= 11 is 0. The van der Waals surface area contributed by atoms with Crippen molar-refractivity contribution >= 4 is 11.6 Å². The maximum Gasteiger partial charge on any atom is 0.468 e. The SMILES string of the molecule is CC(=O)C#CCOC1(OCC#CC(C)=O)OO1. The Morgan fingerprint density at radius 3 is 1.71 bits per heavy atom. The van der Waals surface area contributed by atoms with E-state index in [-0.39, 0.29) is 24.8 Å². The smallest absolute Gasteiger partial charge is 0.286 e. The molecule has 0 bridgehead atoms. The van der Waals surface area contributed by atoms with Crippen LogP contribution in [0, 0.1) is 23.7 Å². The molecule has 1 heterocycles. The molecule has 0 atom stereocenters. The fourth-order valence-electron chi connectivity index (χ4n) is 0.742. The highest BCUT2D eigenvalue weighted by molar-refractivity contribution is 5.93. The standard InChI is InChI=1S/C11H10O6/c1-9(12)5-3-7-14-11(16-17-11)15-8-4-6-10(2)13/h7-8H2,1-2H3. The highest BCUT2D eigenvalue weighted by Crippen LogP contribution is 2.31. The second kappa shape index (κ2) is 6.14. The molecule has 6 heteroatoms. The number of ether oxygens (including phenoxy) is 2. The molecule has 1 fully saturated rings. The molecule has 1 rings (SSSR count). The van der Waals surface area contributed by atoms with Gasteiger partial charge in [0.2, 0.25) is 11.6 Å². The van der Waals surface area contributed by atoms with Gasteiger partial charge in [0, 0.05) is 13.8 Å². The van der Waals surface area contributed by atoms with Crippen molar-refractivity contribution in [2.45, 2.75) is 20.0 Å². The third kappa shape index (κ3) is 5.81. The van der Waals surface area contributed by atoms with Crippen molar-refractivity contribution in [3.63, 3.8) is 0 Å². The summed E-state index contributed by atoms with van der Waals surface area (Å²) in [5.41, 5.74) is 0. The summed E-state index contributed by atoms with van der Waals surface area (Å²) in [6, 6.07) is 0. The molecule has 0 aromatic carbocycles. The Bertz CT molecular complexity index is 388. The van der Waals surface area contributed by atoms with Crippen LogP contribution in [0.5, 0.6) is 0 Å². The highest BCUT2D eigenvalue weighted by atomic mass is 17.5. The summed E-state index contributed by atoms with van der Waals surface area (Å²) in [7, 11) is 0. The van der Waals surface area contributed by atoms with Crippen LogP contribution in [0.15, 0.2) is 0 Å². The van der Waals surface area contributed by atoms with E-state index in [2.05, 4.69) is 33.5 Å². The molecule has 0 N–H and O–H groups in total. The Morgan fingerprint density at radius 2 is 1.41 bits per heavy atom. The fourth-order valence-corrected chi connectivity index (χ4v) is 0.742. The third-order valence-corrected chi connectivity index (χ3v) is 1.39. The van der Waals surface area contributed by atoms with Crippen LogP contribution in [-0.2, 0) is 28.8 Å². The van der Waals surface area contributed by atoms with Crippen molar-refractivity contribution in [3.05, 3.63) is 0 Å². The second-order valence-corrected chi connectivity index (χ2v) is 2.96. The Labute approximate surface area is 98.1 Å². The van der Waals surface area contributed by atoms with Crippen LogP contribution < -0.4 is 0 Å². The van der Waals surface area contributed by atoms with Crippen molar-refractivity contribution in [3.8, 4) is 23.7 Å². The van der Waals surface area contributed by atoms with E-state index in [0.717, 1.165) is 0 Å². The Kier molecular flexibility index (Phi) is 4.83.